The van der Waals surface area contributed by atoms with Gasteiger partial charge in [-0.3, -0.25) is 0 Å². The predicted molar refractivity (Wildman–Crippen MR) is 346 cm³/mol. The molecular weight excluding hydrogens is 995 g/mol. The van der Waals surface area contributed by atoms with Crippen molar-refractivity contribution in [2.75, 3.05) is 9.80 Å². The summed E-state index contributed by atoms with van der Waals surface area (Å²) >= 11 is 0. The van der Waals surface area contributed by atoms with E-state index in [0.717, 1.165) is 89.3 Å². The number of hydrogen-bond donors (Lipinski definition) is 0. The van der Waals surface area contributed by atoms with Crippen LogP contribution in [0.5, 0.6) is 0 Å². The second-order valence-corrected chi connectivity index (χ2v) is 21.2. The molecule has 2 heterocycles. The fourth-order valence-corrected chi connectivity index (χ4v) is 12.7. The molecule has 0 bridgehead atoms. The highest BCUT2D eigenvalue weighted by molar-refractivity contribution is 6.26. The Labute approximate surface area is 474 Å². The summed E-state index contributed by atoms with van der Waals surface area (Å²) in [5, 5.41) is 12.1. The van der Waals surface area contributed by atoms with Crippen molar-refractivity contribution in [1.29, 1.82) is 0 Å². The Morgan fingerprint density at radius 1 is 0.232 bits per heavy atom. The molecule has 0 N–H and O–H groups in total. The molecule has 14 aromatic carbocycles. The lowest BCUT2D eigenvalue weighted by atomic mass is 9.94. The van der Waals surface area contributed by atoms with Gasteiger partial charge in [0.2, 0.25) is 0 Å². The van der Waals surface area contributed by atoms with Crippen LogP contribution in [0.25, 0.3) is 115 Å². The third-order valence-corrected chi connectivity index (χ3v) is 16.6. The van der Waals surface area contributed by atoms with Gasteiger partial charge in [-0.1, -0.05) is 206 Å². The molecule has 0 spiro atoms. The van der Waals surface area contributed by atoms with E-state index in [2.05, 4.69) is 312 Å². The Kier molecular flexibility index (Phi) is 11.2. The molecule has 0 aliphatic rings. The molecule has 0 aliphatic heterocycles. The molecule has 82 heavy (non-hydrogen) atoms. The quantitative estimate of drug-likeness (QED) is 0.128. The highest BCUT2D eigenvalue weighted by Crippen LogP contribution is 2.46. The summed E-state index contributed by atoms with van der Waals surface area (Å²) in [7, 11) is 0. The Hall–Kier alpha value is -10.9. The number of benzene rings is 14. The van der Waals surface area contributed by atoms with Crippen LogP contribution in [0, 0.1) is 0 Å². The summed E-state index contributed by atoms with van der Waals surface area (Å²) in [6.45, 7) is 0. The van der Waals surface area contributed by atoms with E-state index in [0.29, 0.717) is 0 Å². The molecule has 0 unspecified atom stereocenters. The van der Waals surface area contributed by atoms with Crippen molar-refractivity contribution in [2.45, 2.75) is 0 Å². The van der Waals surface area contributed by atoms with Crippen molar-refractivity contribution in [3.8, 4) is 39.1 Å². The van der Waals surface area contributed by atoms with Gasteiger partial charge in [0.1, 0.15) is 5.58 Å². The van der Waals surface area contributed by atoms with Gasteiger partial charge in [-0.05, 0) is 169 Å². The number of rotatable bonds is 10. The van der Waals surface area contributed by atoms with Crippen molar-refractivity contribution >= 4 is 110 Å². The van der Waals surface area contributed by atoms with E-state index in [1.54, 1.807) is 0 Å². The number of nitrogens with zero attached hydrogens (tertiary/aromatic N) is 3. The fourth-order valence-electron chi connectivity index (χ4n) is 12.7. The van der Waals surface area contributed by atoms with Crippen LogP contribution in [0.4, 0.5) is 34.1 Å². The first-order chi connectivity index (χ1) is 40.7. The van der Waals surface area contributed by atoms with Crippen LogP contribution in [0.3, 0.4) is 0 Å². The van der Waals surface area contributed by atoms with E-state index < -0.39 is 0 Å². The summed E-state index contributed by atoms with van der Waals surface area (Å²) < 4.78 is 9.10. The lowest BCUT2D eigenvalue weighted by molar-refractivity contribution is 0.669. The average Bonchev–Trinajstić information content (AvgIpc) is 4.29. The third kappa shape index (κ3) is 7.91. The molecule has 2 aromatic heterocycles. The Balaban J connectivity index is 0.874. The maximum Gasteiger partial charge on any atom is 0.159 e. The summed E-state index contributed by atoms with van der Waals surface area (Å²) in [6.07, 6.45) is 0. The maximum atomic E-state index is 6.64. The Bertz CT molecular complexity index is 4950. The zero-order chi connectivity index (χ0) is 54.1. The second kappa shape index (κ2) is 19.5. The van der Waals surface area contributed by atoms with E-state index in [4.69, 9.17) is 4.42 Å². The van der Waals surface area contributed by atoms with Gasteiger partial charge in [0, 0.05) is 55.7 Å². The number of hydrogen-bond acceptors (Lipinski definition) is 3. The highest BCUT2D eigenvalue weighted by Gasteiger charge is 2.22. The molecule has 0 atom stereocenters. The minimum Gasteiger partial charge on any atom is -0.454 e. The smallest absolute Gasteiger partial charge is 0.159 e. The summed E-state index contributed by atoms with van der Waals surface area (Å²) in [6, 6.07) is 112. The van der Waals surface area contributed by atoms with Gasteiger partial charge in [-0.2, -0.15) is 0 Å². The molecule has 0 saturated carbocycles. The van der Waals surface area contributed by atoms with E-state index in [9.17, 15) is 0 Å². The molecule has 384 valence electrons. The fraction of sp³-hybridized carbons (Fsp3) is 0. The molecule has 0 fully saturated rings. The van der Waals surface area contributed by atoms with Gasteiger partial charge in [-0.15, -0.1) is 0 Å². The SMILES string of the molecule is c1ccc(-c2ccc(N(c3ccc(-c4ccccc4)cc3)c3ccc4c(c3)c3cc(-c5ccc(N(c6ccccc6)c6cccc7c6oc6ccccc67)cc5)ccc3n4-c3ccc4c5ccccc5c5ccccc5c4c3)cc2)cc1. The van der Waals surface area contributed by atoms with Gasteiger partial charge in [-0.25, -0.2) is 0 Å². The van der Waals surface area contributed by atoms with Crippen molar-refractivity contribution < 1.29 is 4.42 Å². The molecule has 4 heteroatoms. The van der Waals surface area contributed by atoms with Crippen LogP contribution < -0.4 is 9.80 Å². The van der Waals surface area contributed by atoms with Gasteiger partial charge < -0.3 is 18.8 Å². The van der Waals surface area contributed by atoms with Crippen LogP contribution in [0.2, 0.25) is 0 Å². The van der Waals surface area contributed by atoms with E-state index >= 15 is 0 Å². The van der Waals surface area contributed by atoms with Gasteiger partial charge in [0.05, 0.1) is 16.7 Å². The number of anilines is 6. The van der Waals surface area contributed by atoms with Crippen molar-refractivity contribution in [1.82, 2.24) is 4.57 Å². The molecule has 16 rings (SSSR count). The maximum absolute atomic E-state index is 6.64. The van der Waals surface area contributed by atoms with Crippen LogP contribution >= 0.6 is 0 Å². The highest BCUT2D eigenvalue weighted by atomic mass is 16.3. The standard InChI is InChI=1S/C78H51N3O/c1-4-17-52(18-5-1)54-31-38-59(39-32-54)79(60-40-33-55(34-41-60)53-19-6-2-7-20-53)62-45-48-75-73(51-62)72-49-57(37-47-74(72)81(75)63-44-46-68-66-25-11-10-23-64(66)65-24-12-13-26-67(65)71(68)50-63)56-35-42-61(43-36-56)80(58-21-8-3-9-22-58)76-29-16-28-70-69-27-14-15-30-77(69)82-78(70)76/h1-51H. The van der Waals surface area contributed by atoms with Gasteiger partial charge in [0.25, 0.3) is 0 Å². The molecule has 0 radical (unpaired) electrons. The number of furan rings is 1. The van der Waals surface area contributed by atoms with Crippen LogP contribution in [-0.4, -0.2) is 4.57 Å². The molecule has 0 amide bonds. The third-order valence-electron chi connectivity index (χ3n) is 16.6. The molecule has 0 aliphatic carbocycles. The molecule has 4 nitrogen and oxygen atoms in total. The summed E-state index contributed by atoms with van der Waals surface area (Å²) in [4.78, 5) is 4.70. The zero-order valence-corrected chi connectivity index (χ0v) is 44.7. The minimum absolute atomic E-state index is 0.859. The number of para-hydroxylation sites is 3. The van der Waals surface area contributed by atoms with E-state index in [1.807, 2.05) is 12.1 Å². The summed E-state index contributed by atoms with van der Waals surface area (Å²) in [5.41, 5.74) is 18.4. The second-order valence-electron chi connectivity index (χ2n) is 21.2. The van der Waals surface area contributed by atoms with E-state index in [1.165, 1.54) is 60.0 Å². The minimum atomic E-state index is 0.859. The van der Waals surface area contributed by atoms with Gasteiger partial charge in [0.15, 0.2) is 5.58 Å². The van der Waals surface area contributed by atoms with Crippen LogP contribution in [0.15, 0.2) is 314 Å². The first-order valence-corrected chi connectivity index (χ1v) is 28.1. The Morgan fingerprint density at radius 2 is 0.646 bits per heavy atom. The lowest BCUT2D eigenvalue weighted by Gasteiger charge is -2.26. The average molecular weight is 1050 g/mol. The van der Waals surface area contributed by atoms with Crippen LogP contribution in [0.1, 0.15) is 0 Å². The first kappa shape index (κ1) is 47.1. The molecule has 0 saturated heterocycles. The number of fused-ring (bicyclic) bond motifs is 12. The first-order valence-electron chi connectivity index (χ1n) is 28.1. The monoisotopic (exact) mass is 1050 g/mol. The normalized spacial score (nSPS) is 11.7. The Morgan fingerprint density at radius 3 is 1.24 bits per heavy atom. The molecular formula is C78H51N3O. The van der Waals surface area contributed by atoms with Crippen molar-refractivity contribution in [3.63, 3.8) is 0 Å². The van der Waals surface area contributed by atoms with Gasteiger partial charge >= 0.3 is 0 Å². The van der Waals surface area contributed by atoms with E-state index in [-0.39, 0.29) is 0 Å². The topological polar surface area (TPSA) is 24.6 Å². The lowest BCUT2D eigenvalue weighted by Crippen LogP contribution is -2.10. The largest absolute Gasteiger partial charge is 0.454 e. The number of aromatic nitrogens is 1. The van der Waals surface area contributed by atoms with Crippen LogP contribution in [-0.2, 0) is 0 Å². The van der Waals surface area contributed by atoms with Crippen molar-refractivity contribution in [2.24, 2.45) is 0 Å². The molecule has 16 aromatic rings. The predicted octanol–water partition coefficient (Wildman–Crippen LogP) is 22.1. The van der Waals surface area contributed by atoms with Crippen molar-refractivity contribution in [3.05, 3.63) is 309 Å². The summed E-state index contributed by atoms with van der Waals surface area (Å²) in [5.74, 6) is 0. The zero-order valence-electron chi connectivity index (χ0n) is 44.7.